The van der Waals surface area contributed by atoms with Crippen LogP contribution in [0.1, 0.15) is 30.3 Å². The number of carbonyl (C=O) groups excluding carboxylic acids is 1. The van der Waals surface area contributed by atoms with E-state index in [1.807, 2.05) is 38.1 Å². The largest absolute Gasteiger partial charge is 0.450 e. The minimum atomic E-state index is -3.41. The molecule has 1 heterocycles. The number of rotatable bonds is 10. The number of anilines is 1. The summed E-state index contributed by atoms with van der Waals surface area (Å²) in [6.07, 6.45) is 2.90. The molecule has 0 aliphatic carbocycles. The molecule has 2 aromatic carbocycles. The molecule has 0 unspecified atom stereocenters. The Bertz CT molecular complexity index is 1420. The number of esters is 1. The Balaban J connectivity index is 2.09. The van der Waals surface area contributed by atoms with Crippen molar-refractivity contribution in [1.29, 1.82) is 5.41 Å². The number of benzene rings is 2. The van der Waals surface area contributed by atoms with E-state index < -0.39 is 21.5 Å². The van der Waals surface area contributed by atoms with Gasteiger partial charge in [-0.2, -0.15) is 4.37 Å². The van der Waals surface area contributed by atoms with Crippen molar-refractivity contribution in [2.45, 2.75) is 24.7 Å². The number of hydrogen-bond donors (Lipinski definition) is 2. The number of thioether (sulfide) groups is 1. The number of nitrogens with one attached hydrogen (secondary N) is 2. The second kappa shape index (κ2) is 12.0. The number of nitrogens with zero attached hydrogens (tertiary/aromatic N) is 2. The van der Waals surface area contributed by atoms with Gasteiger partial charge >= 0.3 is 5.97 Å². The Kier molecular flexibility index (Phi) is 9.29. The second-order valence-electron chi connectivity index (χ2n) is 7.99. The maximum Gasteiger partial charge on any atom is 0.358 e. The van der Waals surface area contributed by atoms with Crippen LogP contribution in [0, 0.1) is 5.41 Å². The highest BCUT2D eigenvalue weighted by molar-refractivity contribution is 7.98. The van der Waals surface area contributed by atoms with Crippen molar-refractivity contribution in [1.82, 2.24) is 9.36 Å². The summed E-state index contributed by atoms with van der Waals surface area (Å²) in [7, 11) is -3.41. The first-order chi connectivity index (χ1) is 17.0. The summed E-state index contributed by atoms with van der Waals surface area (Å²) in [5, 5.41) is 11.7. The number of hydrogen-bond acceptors (Lipinski definition) is 10. The number of carbonyl (C=O) groups is 1. The summed E-state index contributed by atoms with van der Waals surface area (Å²) in [4.78, 5) is 17.1. The molecule has 0 atom stereocenters. The van der Waals surface area contributed by atoms with E-state index in [2.05, 4.69) is 14.7 Å². The number of aromatic nitrogens is 2. The molecular formula is C24H25ClN4O4S3. The second-order valence-corrected chi connectivity index (χ2v) is 12.0. The molecule has 0 saturated carbocycles. The van der Waals surface area contributed by atoms with Gasteiger partial charge < -0.3 is 10.1 Å². The zero-order chi connectivity index (χ0) is 26.5. The Labute approximate surface area is 223 Å². The van der Waals surface area contributed by atoms with Crippen LogP contribution in [0.2, 0.25) is 0 Å². The van der Waals surface area contributed by atoms with Gasteiger partial charge in [-0.25, -0.2) is 18.2 Å². The normalized spacial score (nSPS) is 12.3. The van der Waals surface area contributed by atoms with Crippen molar-refractivity contribution >= 4 is 67.8 Å². The lowest BCUT2D eigenvalue weighted by Gasteiger charge is -2.17. The van der Waals surface area contributed by atoms with Gasteiger partial charge in [0.1, 0.15) is 5.94 Å². The van der Waals surface area contributed by atoms with E-state index in [9.17, 15) is 13.2 Å². The van der Waals surface area contributed by atoms with Gasteiger partial charge in [-0.3, -0.25) is 5.41 Å². The first kappa shape index (κ1) is 27.9. The van der Waals surface area contributed by atoms with Crippen molar-refractivity contribution in [2.75, 3.05) is 23.8 Å². The van der Waals surface area contributed by atoms with Crippen molar-refractivity contribution in [3.8, 4) is 11.4 Å². The molecule has 0 amide bonds. The molecule has 36 heavy (non-hydrogen) atoms. The first-order valence-corrected chi connectivity index (χ1v) is 15.1. The van der Waals surface area contributed by atoms with Crippen LogP contribution in [0.15, 0.2) is 58.5 Å². The number of para-hydroxylation sites is 1. The van der Waals surface area contributed by atoms with Gasteiger partial charge in [0, 0.05) is 17.5 Å². The smallest absolute Gasteiger partial charge is 0.358 e. The van der Waals surface area contributed by atoms with Crippen molar-refractivity contribution < 1.29 is 17.9 Å². The molecule has 0 radical (unpaired) electrons. The Morgan fingerprint density at radius 1 is 1.22 bits per heavy atom. The molecule has 8 nitrogen and oxygen atoms in total. The zero-order valence-corrected chi connectivity index (χ0v) is 23.2. The number of halogens is 1. The fraction of sp³-hybridized carbons (Fsp3) is 0.250. The van der Waals surface area contributed by atoms with E-state index in [4.69, 9.17) is 21.7 Å². The summed E-state index contributed by atoms with van der Waals surface area (Å²) >= 11 is 8.88. The predicted molar refractivity (Wildman–Crippen MR) is 148 cm³/mol. The van der Waals surface area contributed by atoms with Crippen molar-refractivity contribution in [2.24, 2.45) is 0 Å². The molecular weight excluding hydrogens is 540 g/mol. The summed E-state index contributed by atoms with van der Waals surface area (Å²) < 4.78 is 33.4. The highest BCUT2D eigenvalue weighted by Gasteiger charge is 2.24. The maximum absolute atomic E-state index is 12.4. The Morgan fingerprint density at radius 3 is 2.61 bits per heavy atom. The molecule has 0 fully saturated rings. The lowest BCUT2D eigenvalue weighted by Crippen LogP contribution is -2.19. The van der Waals surface area contributed by atoms with E-state index in [-0.39, 0.29) is 33.3 Å². The molecule has 0 spiro atoms. The van der Waals surface area contributed by atoms with E-state index in [1.54, 1.807) is 18.4 Å². The lowest BCUT2D eigenvalue weighted by atomic mass is 10.0. The number of sulfone groups is 1. The molecule has 3 aromatic rings. The fourth-order valence-corrected chi connectivity index (χ4v) is 5.01. The fourth-order valence-electron chi connectivity index (χ4n) is 3.16. The monoisotopic (exact) mass is 564 g/mol. The summed E-state index contributed by atoms with van der Waals surface area (Å²) in [6.45, 7) is 4.09. The minimum absolute atomic E-state index is 0.0873. The van der Waals surface area contributed by atoms with Crippen LogP contribution < -0.4 is 5.32 Å². The summed E-state index contributed by atoms with van der Waals surface area (Å²) in [5.41, 5.74) is 1.95. The van der Waals surface area contributed by atoms with Crippen LogP contribution in [0.4, 0.5) is 5.69 Å². The molecule has 0 aliphatic rings. The molecule has 0 bridgehead atoms. The van der Waals surface area contributed by atoms with E-state index in [0.29, 0.717) is 10.6 Å². The minimum Gasteiger partial charge on any atom is -0.450 e. The average molecular weight is 565 g/mol. The van der Waals surface area contributed by atoms with Crippen molar-refractivity contribution in [3.63, 3.8) is 0 Å². The van der Waals surface area contributed by atoms with E-state index in [1.165, 1.54) is 23.9 Å². The topological polar surface area (TPSA) is 122 Å². The van der Waals surface area contributed by atoms with Crippen LogP contribution in [0.5, 0.6) is 0 Å². The van der Waals surface area contributed by atoms with E-state index in [0.717, 1.165) is 29.0 Å². The molecule has 3 rings (SSSR count). The quantitative estimate of drug-likeness (QED) is 0.184. The van der Waals surface area contributed by atoms with Gasteiger partial charge in [0.25, 0.3) is 0 Å². The van der Waals surface area contributed by atoms with Crippen molar-refractivity contribution in [3.05, 3.63) is 64.1 Å². The van der Waals surface area contributed by atoms with Gasteiger partial charge in [-0.1, -0.05) is 55.8 Å². The average Bonchev–Trinajstić information content (AvgIpc) is 3.34. The Hall–Kier alpha value is -2.73. The maximum atomic E-state index is 12.4. The zero-order valence-electron chi connectivity index (χ0n) is 20.0. The van der Waals surface area contributed by atoms with E-state index >= 15 is 0 Å². The predicted octanol–water partition coefficient (Wildman–Crippen LogP) is 5.63. The van der Waals surface area contributed by atoms with Gasteiger partial charge in [0.05, 0.1) is 15.6 Å². The number of ether oxygens (including phenoxy) is 1. The van der Waals surface area contributed by atoms with Gasteiger partial charge in [0.2, 0.25) is 0 Å². The molecule has 12 heteroatoms. The highest BCUT2D eigenvalue weighted by Crippen LogP contribution is 2.32. The van der Waals surface area contributed by atoms with Gasteiger partial charge in [-0.15, -0.1) is 11.8 Å². The lowest BCUT2D eigenvalue weighted by molar-refractivity contribution is -0.133. The molecule has 2 N–H and O–H groups in total. The third-order valence-electron chi connectivity index (χ3n) is 4.95. The molecule has 0 aliphatic heterocycles. The van der Waals surface area contributed by atoms with Crippen LogP contribution >= 0.6 is 34.9 Å². The summed E-state index contributed by atoms with van der Waals surface area (Å²) in [6, 6.07) is 13.9. The third-order valence-corrected chi connectivity index (χ3v) is 7.53. The first-order valence-electron chi connectivity index (χ1n) is 10.7. The SMILES string of the molecule is CSCOC(=O)C(=N)/C(Cl)=C(\Nc1ccccc1C(C)C)c1nc(-c2cccc(S(C)(=O)=O)c2)ns1. The summed E-state index contributed by atoms with van der Waals surface area (Å²) in [5.74, 6) is -0.304. The van der Waals surface area contributed by atoms with Crippen LogP contribution in [-0.4, -0.2) is 47.9 Å². The Morgan fingerprint density at radius 2 is 1.94 bits per heavy atom. The van der Waals surface area contributed by atoms with Crippen LogP contribution in [0.3, 0.4) is 0 Å². The highest BCUT2D eigenvalue weighted by atomic mass is 35.5. The van der Waals surface area contributed by atoms with Gasteiger partial charge in [-0.05, 0) is 47.5 Å². The molecule has 190 valence electrons. The standard InChI is InChI=1S/C24H25ClN4O4S3/c1-14(2)17-10-5-6-11-18(17)27-21(19(25)20(26)24(30)33-13-34-3)23-28-22(29-35-23)15-8-7-9-16(12-15)36(4,31)32/h5-12,14,26-27H,13H2,1-4H3/b21-19+,26-20?. The third kappa shape index (κ3) is 6.73. The molecule has 0 saturated heterocycles. The molecule has 1 aromatic heterocycles. The van der Waals surface area contributed by atoms with Gasteiger partial charge in [0.15, 0.2) is 26.4 Å². The van der Waals surface area contributed by atoms with Crippen LogP contribution in [-0.2, 0) is 19.4 Å². The van der Waals surface area contributed by atoms with Crippen LogP contribution in [0.25, 0.3) is 17.1 Å².